The van der Waals surface area contributed by atoms with Crippen molar-refractivity contribution in [3.05, 3.63) is 75.9 Å². The molecule has 10 nitrogen and oxygen atoms in total. The van der Waals surface area contributed by atoms with Crippen LogP contribution in [0.3, 0.4) is 0 Å². The molecule has 1 aliphatic heterocycles. The number of aromatic amines is 1. The molecule has 40 heavy (non-hydrogen) atoms. The van der Waals surface area contributed by atoms with Gasteiger partial charge in [0.2, 0.25) is 5.91 Å². The molecule has 1 saturated carbocycles. The second-order valence-corrected chi connectivity index (χ2v) is 11.2. The molecule has 2 fully saturated rings. The number of hydrogen-bond donors (Lipinski definition) is 2. The average molecular weight is 543 g/mol. The zero-order valence-electron chi connectivity index (χ0n) is 22.5. The minimum absolute atomic E-state index is 0.0671. The molecule has 0 radical (unpaired) electrons. The number of aryl methyl sites for hydroxylation is 2. The van der Waals surface area contributed by atoms with Gasteiger partial charge in [0.25, 0.3) is 5.91 Å². The molecule has 0 bridgehead atoms. The van der Waals surface area contributed by atoms with Gasteiger partial charge in [0.05, 0.1) is 18.0 Å². The van der Waals surface area contributed by atoms with Crippen LogP contribution in [0.25, 0.3) is 0 Å². The second-order valence-electron chi connectivity index (χ2n) is 11.2. The monoisotopic (exact) mass is 542 g/mol. The Hall–Kier alpha value is -4.17. The molecule has 6 rings (SSSR count). The van der Waals surface area contributed by atoms with Crippen molar-refractivity contribution in [2.75, 3.05) is 27.2 Å². The summed E-state index contributed by atoms with van der Waals surface area (Å²) in [5.41, 5.74) is 3.33. The standard InChI is InChI=1S/C29H31FN8O2/c1-37(2)27(40)19-5-7-23-17(11-19)3-4-18-12-21(30)6-8-24(18)29(23,28-33-35-36-34-28)9-10-32-16-26(39)38-22(15-31)13-20-14-25(20)38/h5-8,11-12,20,22,25,32H,3-4,9-10,13-14,16H2,1-2H3,(H,33,34,35,36)/t20-,22+,25+,29?/m1/s1. The third-order valence-electron chi connectivity index (χ3n) is 8.65. The van der Waals surface area contributed by atoms with E-state index in [0.29, 0.717) is 43.1 Å². The summed E-state index contributed by atoms with van der Waals surface area (Å²) < 4.78 is 14.5. The van der Waals surface area contributed by atoms with Gasteiger partial charge < -0.3 is 15.1 Å². The lowest BCUT2D eigenvalue weighted by molar-refractivity contribution is -0.131. The Labute approximate surface area is 231 Å². The Bertz CT molecular complexity index is 1500. The Balaban J connectivity index is 1.35. The highest BCUT2D eigenvalue weighted by atomic mass is 19.1. The number of rotatable bonds is 7. The molecule has 2 aromatic carbocycles. The van der Waals surface area contributed by atoms with Gasteiger partial charge in [-0.2, -0.15) is 5.26 Å². The molecule has 206 valence electrons. The second kappa shape index (κ2) is 10.1. The highest BCUT2D eigenvalue weighted by Gasteiger charge is 2.54. The quantitative estimate of drug-likeness (QED) is 0.437. The molecule has 3 aliphatic rings. The minimum atomic E-state index is -0.876. The van der Waals surface area contributed by atoms with E-state index < -0.39 is 5.41 Å². The molecule has 2 aliphatic carbocycles. The molecular formula is C29H31FN8O2. The third-order valence-corrected chi connectivity index (χ3v) is 8.65. The fraction of sp³-hybridized carbons (Fsp3) is 0.448. The third kappa shape index (κ3) is 4.32. The normalized spacial score (nSPS) is 24.4. The lowest BCUT2D eigenvalue weighted by Crippen LogP contribution is -2.44. The van der Waals surface area contributed by atoms with Crippen LogP contribution >= 0.6 is 0 Å². The van der Waals surface area contributed by atoms with Gasteiger partial charge in [0.1, 0.15) is 11.9 Å². The predicted octanol–water partition coefficient (Wildman–Crippen LogP) is 1.97. The van der Waals surface area contributed by atoms with Crippen molar-refractivity contribution in [3.8, 4) is 6.07 Å². The first-order valence-electron chi connectivity index (χ1n) is 13.6. The van der Waals surface area contributed by atoms with E-state index in [-0.39, 0.29) is 36.3 Å². The maximum absolute atomic E-state index is 14.5. The van der Waals surface area contributed by atoms with E-state index in [0.717, 1.165) is 35.1 Å². The fourth-order valence-corrected chi connectivity index (χ4v) is 6.68. The van der Waals surface area contributed by atoms with Crippen LogP contribution < -0.4 is 5.32 Å². The summed E-state index contributed by atoms with van der Waals surface area (Å²) in [6, 6.07) is 12.6. The molecule has 2 N–H and O–H groups in total. The maximum atomic E-state index is 14.5. The van der Waals surface area contributed by atoms with Crippen LogP contribution in [0.1, 0.15) is 57.7 Å². The Morgan fingerprint density at radius 3 is 2.62 bits per heavy atom. The number of benzene rings is 2. The summed E-state index contributed by atoms with van der Waals surface area (Å²) in [7, 11) is 3.43. The van der Waals surface area contributed by atoms with Crippen LogP contribution in [0.15, 0.2) is 36.4 Å². The van der Waals surface area contributed by atoms with Crippen LogP contribution in [0, 0.1) is 23.1 Å². The van der Waals surface area contributed by atoms with Crippen molar-refractivity contribution < 1.29 is 14.0 Å². The number of amides is 2. The Kier molecular flexibility index (Phi) is 6.58. The Morgan fingerprint density at radius 2 is 1.93 bits per heavy atom. The first-order valence-corrected chi connectivity index (χ1v) is 13.6. The topological polar surface area (TPSA) is 131 Å². The van der Waals surface area contributed by atoms with E-state index in [9.17, 15) is 19.2 Å². The van der Waals surface area contributed by atoms with Gasteiger partial charge in [0, 0.05) is 25.7 Å². The van der Waals surface area contributed by atoms with Crippen LogP contribution in [0.2, 0.25) is 0 Å². The highest BCUT2D eigenvalue weighted by Crippen LogP contribution is 2.48. The molecule has 2 heterocycles. The first-order chi connectivity index (χ1) is 19.3. The number of fused-ring (bicyclic) bond motifs is 3. The molecule has 1 saturated heterocycles. The predicted molar refractivity (Wildman–Crippen MR) is 143 cm³/mol. The van der Waals surface area contributed by atoms with E-state index in [4.69, 9.17) is 0 Å². The number of nitrogens with one attached hydrogen (secondary N) is 2. The zero-order valence-corrected chi connectivity index (χ0v) is 22.5. The zero-order chi connectivity index (χ0) is 28.0. The van der Waals surface area contributed by atoms with Crippen molar-refractivity contribution in [1.29, 1.82) is 5.26 Å². The van der Waals surface area contributed by atoms with Gasteiger partial charge in [-0.3, -0.25) is 9.59 Å². The van der Waals surface area contributed by atoms with Gasteiger partial charge in [-0.15, -0.1) is 5.10 Å². The maximum Gasteiger partial charge on any atom is 0.253 e. The molecule has 1 aromatic heterocycles. The van der Waals surface area contributed by atoms with Gasteiger partial charge in [-0.1, -0.05) is 12.1 Å². The smallest absolute Gasteiger partial charge is 0.253 e. The number of carbonyl (C=O) groups excluding carboxylic acids is 2. The molecule has 2 amide bonds. The number of aromatic nitrogens is 4. The van der Waals surface area contributed by atoms with Crippen LogP contribution in [-0.4, -0.2) is 81.5 Å². The molecule has 1 unspecified atom stereocenters. The van der Waals surface area contributed by atoms with Gasteiger partial charge in [-0.05, 0) is 102 Å². The van der Waals surface area contributed by atoms with Gasteiger partial charge in [-0.25, -0.2) is 9.49 Å². The molecule has 0 spiro atoms. The number of carbonyl (C=O) groups is 2. The van der Waals surface area contributed by atoms with Crippen LogP contribution in [-0.2, 0) is 23.1 Å². The van der Waals surface area contributed by atoms with Gasteiger partial charge >= 0.3 is 0 Å². The number of halogens is 1. The number of likely N-dealkylation sites (tertiary alicyclic amines) is 1. The van der Waals surface area contributed by atoms with Crippen molar-refractivity contribution >= 4 is 11.8 Å². The number of piperidine rings is 1. The average Bonchev–Trinajstić information content (AvgIpc) is 3.34. The van der Waals surface area contributed by atoms with Crippen LogP contribution in [0.5, 0.6) is 0 Å². The Morgan fingerprint density at radius 1 is 1.18 bits per heavy atom. The summed E-state index contributed by atoms with van der Waals surface area (Å²) >= 11 is 0. The van der Waals surface area contributed by atoms with E-state index in [1.54, 1.807) is 31.1 Å². The number of hydrogen-bond acceptors (Lipinski definition) is 7. The molecule has 4 atom stereocenters. The summed E-state index contributed by atoms with van der Waals surface area (Å²) in [6.07, 6.45) is 3.41. The van der Waals surface area contributed by atoms with Crippen molar-refractivity contribution in [2.24, 2.45) is 5.92 Å². The number of nitrogens with zero attached hydrogens (tertiary/aromatic N) is 6. The van der Waals surface area contributed by atoms with Crippen LogP contribution in [0.4, 0.5) is 4.39 Å². The summed E-state index contributed by atoms with van der Waals surface area (Å²) in [5, 5.41) is 27.9. The summed E-state index contributed by atoms with van der Waals surface area (Å²) in [4.78, 5) is 29.1. The largest absolute Gasteiger partial charge is 0.345 e. The fourth-order valence-electron chi connectivity index (χ4n) is 6.68. The van der Waals surface area contributed by atoms with Crippen molar-refractivity contribution in [3.63, 3.8) is 0 Å². The first kappa shape index (κ1) is 26.1. The molecule has 11 heteroatoms. The highest BCUT2D eigenvalue weighted by molar-refractivity contribution is 5.94. The number of tetrazole rings is 1. The van der Waals surface area contributed by atoms with E-state index in [1.807, 2.05) is 18.2 Å². The van der Waals surface area contributed by atoms with E-state index in [2.05, 4.69) is 32.0 Å². The van der Waals surface area contributed by atoms with E-state index in [1.165, 1.54) is 11.0 Å². The van der Waals surface area contributed by atoms with Crippen molar-refractivity contribution in [1.82, 2.24) is 35.7 Å². The number of H-pyrrole nitrogens is 1. The molecule has 3 aromatic rings. The number of nitriles is 1. The van der Waals surface area contributed by atoms with E-state index >= 15 is 0 Å². The minimum Gasteiger partial charge on any atom is -0.345 e. The lowest BCUT2D eigenvalue weighted by atomic mass is 9.69. The lowest BCUT2D eigenvalue weighted by Gasteiger charge is -2.34. The molecular weight excluding hydrogens is 511 g/mol. The van der Waals surface area contributed by atoms with Crippen molar-refractivity contribution in [2.45, 2.75) is 49.6 Å². The SMILES string of the molecule is CN(C)C(=O)c1ccc2c(c1)CCc1cc(F)ccc1C2(CCNCC(=O)N1[C@H](C#N)C[C@@H]2C[C@@H]21)c1nnn[nH]1. The summed E-state index contributed by atoms with van der Waals surface area (Å²) in [5.74, 6) is 0.478. The van der Waals surface area contributed by atoms with Gasteiger partial charge in [0.15, 0.2) is 5.82 Å². The summed E-state index contributed by atoms with van der Waals surface area (Å²) in [6.45, 7) is 0.547.